The minimum absolute atomic E-state index is 0. The molecule has 0 N–H and O–H groups in total. The first-order valence-corrected chi connectivity index (χ1v) is 17.9. The van der Waals surface area contributed by atoms with Gasteiger partial charge in [0.1, 0.15) is 0 Å². The molecule has 3 aromatic rings. The van der Waals surface area contributed by atoms with E-state index in [0.29, 0.717) is 15.5 Å². The first-order valence-electron chi connectivity index (χ1n) is 11.9. The van der Waals surface area contributed by atoms with Gasteiger partial charge >= 0.3 is 146 Å². The molecule has 0 amide bonds. The molecule has 3 aromatic carbocycles. The molecule has 0 nitrogen and oxygen atoms in total. The molecule has 0 heterocycles. The van der Waals surface area contributed by atoms with E-state index in [-0.39, 0.29) is 17.1 Å². The maximum absolute atomic E-state index is 3.58. The van der Waals surface area contributed by atoms with Gasteiger partial charge < -0.3 is 0 Å². The zero-order valence-electron chi connectivity index (χ0n) is 22.4. The first-order chi connectivity index (χ1) is 15.2. The third-order valence-corrected chi connectivity index (χ3v) is 18.2. The summed E-state index contributed by atoms with van der Waals surface area (Å²) in [6.45, 7) is 19.6. The van der Waals surface area contributed by atoms with Crippen LogP contribution in [0.4, 0.5) is 0 Å². The molecule has 0 unspecified atom stereocenters. The van der Waals surface area contributed by atoms with Crippen LogP contribution in [-0.4, -0.2) is 37.5 Å². The average molecular weight is 605 g/mol. The van der Waals surface area contributed by atoms with Gasteiger partial charge in [-0.3, -0.25) is 0 Å². The zero-order chi connectivity index (χ0) is 24.9. The van der Waals surface area contributed by atoms with Crippen LogP contribution in [0, 0.1) is 0 Å². The molecular weight excluding hydrogens is 562 g/mol. The molecule has 0 radical (unpaired) electrons. The summed E-state index contributed by atoms with van der Waals surface area (Å²) in [5.41, 5.74) is 0. The molecule has 188 valence electrons. The van der Waals surface area contributed by atoms with Crippen LogP contribution in [0.5, 0.6) is 0 Å². The van der Waals surface area contributed by atoms with Crippen molar-refractivity contribution in [3.63, 3.8) is 0 Å². The predicted molar refractivity (Wildman–Crippen MR) is 157 cm³/mol. The van der Waals surface area contributed by atoms with Crippen LogP contribution in [0.25, 0.3) is 0 Å². The van der Waals surface area contributed by atoms with Crippen LogP contribution < -0.4 is 15.6 Å². The Morgan fingerprint density at radius 2 is 0.676 bits per heavy atom. The molecule has 0 saturated carbocycles. The fourth-order valence-electron chi connectivity index (χ4n) is 5.89. The third kappa shape index (κ3) is 8.20. The van der Waals surface area contributed by atoms with E-state index in [0.717, 1.165) is 0 Å². The van der Waals surface area contributed by atoms with Crippen LogP contribution in [0.15, 0.2) is 91.0 Å². The molecule has 0 aliphatic heterocycles. The number of rotatable bonds is 3. The van der Waals surface area contributed by atoms with Crippen molar-refractivity contribution in [1.82, 2.24) is 0 Å². The molecule has 0 aromatic heterocycles. The van der Waals surface area contributed by atoms with Crippen molar-refractivity contribution in [3.05, 3.63) is 91.0 Å². The van der Waals surface area contributed by atoms with Crippen molar-refractivity contribution < 1.29 is 17.1 Å². The van der Waals surface area contributed by atoms with Gasteiger partial charge in [-0.1, -0.05) is 0 Å². The van der Waals surface area contributed by atoms with Crippen molar-refractivity contribution in [2.75, 3.05) is 0 Å². The molecule has 0 bridgehead atoms. The van der Waals surface area contributed by atoms with Crippen LogP contribution >= 0.6 is 7.92 Å². The second-order valence-electron chi connectivity index (χ2n) is 11.9. The molecule has 0 saturated heterocycles. The molecule has 0 fully saturated rings. The van der Waals surface area contributed by atoms with Crippen molar-refractivity contribution in [3.8, 4) is 0 Å². The van der Waals surface area contributed by atoms with Gasteiger partial charge in [0.05, 0.1) is 15.5 Å². The van der Waals surface area contributed by atoms with Crippen LogP contribution in [0.2, 0.25) is 0 Å². The summed E-state index contributed by atoms with van der Waals surface area (Å²) in [5, 5.41) is 5.66. The van der Waals surface area contributed by atoms with Gasteiger partial charge in [0.25, 0.3) is 0 Å². The van der Waals surface area contributed by atoms with Crippen molar-refractivity contribution in [1.29, 1.82) is 0 Å². The van der Waals surface area contributed by atoms with Gasteiger partial charge in [-0.2, -0.15) is 0 Å². The standard InChI is InChI=1S/C18H15SeSi.C12H27P.Cu/c19-20(16-10-4-1-5-11-16,17-12-6-2-7-13-17)18-14-8-3-9-15-18;1-10(2,3)13(11(4,5)6)12(7,8)9;/h1-15H;1-9H3;/q-1;;+1/p+1. The Morgan fingerprint density at radius 1 is 0.471 bits per heavy atom. The van der Waals surface area contributed by atoms with Crippen molar-refractivity contribution >= 4 is 45.5 Å². The van der Waals surface area contributed by atoms with Crippen molar-refractivity contribution in [2.24, 2.45) is 0 Å². The molecule has 0 aliphatic rings. The Kier molecular flexibility index (Phi) is 11.6. The molecule has 0 atom stereocenters. The fourth-order valence-corrected chi connectivity index (χ4v) is 18.2. The molecule has 0 aliphatic carbocycles. The molecule has 0 spiro atoms. The van der Waals surface area contributed by atoms with Gasteiger partial charge in [-0.15, -0.1) is 0 Å². The summed E-state index contributed by atoms with van der Waals surface area (Å²) in [5.74, 6) is 0. The molecule has 3 rings (SSSR count). The van der Waals surface area contributed by atoms with E-state index in [4.69, 9.17) is 0 Å². The average Bonchev–Trinajstić information content (AvgIpc) is 2.72. The van der Waals surface area contributed by atoms with Crippen LogP contribution in [0.3, 0.4) is 0 Å². The van der Waals surface area contributed by atoms with Crippen LogP contribution in [0.1, 0.15) is 62.3 Å². The fraction of sp³-hybridized carbons (Fsp3) is 0.400. The summed E-state index contributed by atoms with van der Waals surface area (Å²) >= 11 is 3.58. The Morgan fingerprint density at radius 3 is 0.824 bits per heavy atom. The molecule has 34 heavy (non-hydrogen) atoms. The van der Waals surface area contributed by atoms with E-state index < -0.39 is 14.6 Å². The maximum atomic E-state index is 3.58. The summed E-state index contributed by atoms with van der Waals surface area (Å²) < 4.78 is 0. The van der Waals surface area contributed by atoms with E-state index in [2.05, 4.69) is 169 Å². The third-order valence-electron chi connectivity index (χ3n) is 5.79. The topological polar surface area (TPSA) is 0 Å². The van der Waals surface area contributed by atoms with E-state index in [1.165, 1.54) is 15.6 Å². The number of benzene rings is 3. The van der Waals surface area contributed by atoms with Crippen LogP contribution in [-0.2, 0) is 17.1 Å². The SMILES string of the molecule is CC(C)(C)[PH+](C(C)(C)C)C(C)(C)C.[Cu+].[Se-][Si](c1ccccc1)(c1ccccc1)c1ccccc1. The second-order valence-corrected chi connectivity index (χ2v) is 24.1. The van der Waals surface area contributed by atoms with E-state index >= 15 is 0 Å². The first kappa shape index (κ1) is 31.4. The van der Waals surface area contributed by atoms with Gasteiger partial charge in [-0.05, 0) is 62.3 Å². The van der Waals surface area contributed by atoms with Gasteiger partial charge in [0.2, 0.25) is 0 Å². The normalized spacial score (nSPS) is 12.4. The van der Waals surface area contributed by atoms with E-state index in [1.807, 2.05) is 0 Å². The van der Waals surface area contributed by atoms with Gasteiger partial charge in [-0.25, -0.2) is 0 Å². The van der Waals surface area contributed by atoms with Gasteiger partial charge in [0, 0.05) is 7.92 Å². The Bertz CT molecular complexity index is 842. The predicted octanol–water partition coefficient (Wildman–Crippen LogP) is 6.42. The monoisotopic (exact) mass is 605 g/mol. The Labute approximate surface area is 230 Å². The summed E-state index contributed by atoms with van der Waals surface area (Å²) in [4.78, 5) is 0. The summed E-state index contributed by atoms with van der Waals surface area (Å²) in [7, 11) is -0.391. The second kappa shape index (κ2) is 12.5. The molecule has 4 heteroatoms. The number of hydrogen-bond acceptors (Lipinski definition) is 0. The zero-order valence-corrected chi connectivity index (χ0v) is 27.0. The Balaban J connectivity index is 0.000000364. The molecular formula is C30H43CuPSeSi+. The van der Waals surface area contributed by atoms with E-state index in [1.54, 1.807) is 0 Å². The van der Waals surface area contributed by atoms with E-state index in [9.17, 15) is 0 Å². The minimum atomic E-state index is -2.00. The van der Waals surface area contributed by atoms with Gasteiger partial charge in [0.15, 0.2) is 0 Å². The Hall–Kier alpha value is -0.654. The summed E-state index contributed by atoms with van der Waals surface area (Å²) in [6.07, 6.45) is 0. The number of hydrogen-bond donors (Lipinski definition) is 0. The summed E-state index contributed by atoms with van der Waals surface area (Å²) in [6, 6.07) is 32.4. The quantitative estimate of drug-likeness (QED) is 0.184. The van der Waals surface area contributed by atoms with Crippen molar-refractivity contribution in [2.45, 2.75) is 77.8 Å².